The molecule has 0 fully saturated rings. The Hall–Kier alpha value is -3.39. The Labute approximate surface area is 204 Å². The highest BCUT2D eigenvalue weighted by Crippen LogP contribution is 2.32. The second-order valence-corrected chi connectivity index (χ2v) is 10.1. The first kappa shape index (κ1) is 23.4. The Bertz CT molecular complexity index is 1290. The van der Waals surface area contributed by atoms with E-state index in [0.29, 0.717) is 12.2 Å². The molecule has 2 aromatic heterocycles. The molecule has 0 unspecified atom stereocenters. The zero-order valence-corrected chi connectivity index (χ0v) is 20.3. The number of carbonyl (C=O) groups is 1. The minimum Gasteiger partial charge on any atom is -0.390 e. The molecule has 35 heavy (non-hydrogen) atoms. The first-order valence-corrected chi connectivity index (χ1v) is 12.0. The van der Waals surface area contributed by atoms with Crippen LogP contribution in [0.3, 0.4) is 0 Å². The maximum absolute atomic E-state index is 13.4. The lowest BCUT2D eigenvalue weighted by Crippen LogP contribution is -2.35. The first-order chi connectivity index (χ1) is 16.7. The lowest BCUT2D eigenvalue weighted by Gasteiger charge is -2.29. The molecule has 0 spiro atoms. The van der Waals surface area contributed by atoms with Crippen LogP contribution in [0.15, 0.2) is 47.7 Å². The van der Waals surface area contributed by atoms with Crippen LogP contribution in [0.5, 0.6) is 0 Å². The van der Waals surface area contributed by atoms with Crippen LogP contribution in [0.2, 0.25) is 0 Å². The summed E-state index contributed by atoms with van der Waals surface area (Å²) in [4.78, 5) is 24.6. The number of carbonyl (C=O) groups excluding carboxylic acids is 1. The SMILES string of the molecule is Cn1cc2c(n1)CCN(C1=NCc3cc(CC(=O)C[C@@H](c4ccc(F)cc4)C(C)(C)O)ncc31)C2. The molecule has 0 aliphatic carbocycles. The highest BCUT2D eigenvalue weighted by molar-refractivity contribution is 6.02. The van der Waals surface area contributed by atoms with Gasteiger partial charge in [-0.3, -0.25) is 19.5 Å². The minimum absolute atomic E-state index is 0.0202. The fourth-order valence-corrected chi connectivity index (χ4v) is 5.10. The number of amidine groups is 1. The van der Waals surface area contributed by atoms with E-state index in [2.05, 4.69) is 21.2 Å². The van der Waals surface area contributed by atoms with Gasteiger partial charge in [0.1, 0.15) is 17.4 Å². The van der Waals surface area contributed by atoms with Gasteiger partial charge in [0.2, 0.25) is 0 Å². The number of rotatable bonds is 6. The molecule has 1 atom stereocenters. The van der Waals surface area contributed by atoms with Gasteiger partial charge in [0.05, 0.1) is 17.8 Å². The maximum Gasteiger partial charge on any atom is 0.139 e. The van der Waals surface area contributed by atoms with Crippen molar-refractivity contribution in [3.05, 3.63) is 82.2 Å². The van der Waals surface area contributed by atoms with Crippen LogP contribution in [0.1, 0.15) is 59.8 Å². The second kappa shape index (κ2) is 9.00. The highest BCUT2D eigenvalue weighted by atomic mass is 19.1. The zero-order chi connectivity index (χ0) is 24.7. The fourth-order valence-electron chi connectivity index (χ4n) is 5.10. The van der Waals surface area contributed by atoms with Crippen LogP contribution < -0.4 is 0 Å². The van der Waals surface area contributed by atoms with Gasteiger partial charge in [-0.25, -0.2) is 4.39 Å². The fraction of sp³-hybridized carbons (Fsp3) is 0.407. The Kier molecular flexibility index (Phi) is 6.01. The molecule has 0 amide bonds. The van der Waals surface area contributed by atoms with Gasteiger partial charge < -0.3 is 10.0 Å². The predicted octanol–water partition coefficient (Wildman–Crippen LogP) is 3.33. The molecule has 2 aliphatic rings. The van der Waals surface area contributed by atoms with Crippen molar-refractivity contribution < 1.29 is 14.3 Å². The van der Waals surface area contributed by atoms with Crippen LogP contribution in [0.4, 0.5) is 4.39 Å². The summed E-state index contributed by atoms with van der Waals surface area (Å²) in [5.74, 6) is 0.159. The summed E-state index contributed by atoms with van der Waals surface area (Å²) in [5, 5.41) is 15.2. The Morgan fingerprint density at radius 2 is 2.00 bits per heavy atom. The average molecular weight is 476 g/mol. The number of aliphatic imine (C=N–C) groups is 1. The molecule has 0 saturated carbocycles. The first-order valence-electron chi connectivity index (χ1n) is 12.0. The number of Topliss-reactive ketones (excluding diaryl/α,β-unsaturated/α-hetero) is 1. The van der Waals surface area contributed by atoms with E-state index in [9.17, 15) is 14.3 Å². The number of fused-ring (bicyclic) bond motifs is 2. The van der Waals surface area contributed by atoms with Crippen molar-refractivity contribution in [2.75, 3.05) is 6.54 Å². The number of benzene rings is 1. The molecule has 0 bridgehead atoms. The van der Waals surface area contributed by atoms with Gasteiger partial charge in [-0.05, 0) is 43.2 Å². The molecule has 1 N–H and O–H groups in total. The van der Waals surface area contributed by atoms with Crippen LogP contribution in [-0.2, 0) is 37.8 Å². The zero-order valence-electron chi connectivity index (χ0n) is 20.3. The number of hydrogen-bond donors (Lipinski definition) is 1. The number of halogens is 1. The largest absolute Gasteiger partial charge is 0.390 e. The molecule has 3 aromatic rings. The third kappa shape index (κ3) is 4.89. The van der Waals surface area contributed by atoms with Crippen molar-refractivity contribution >= 4 is 11.6 Å². The normalized spacial score (nSPS) is 16.0. The molecular weight excluding hydrogens is 445 g/mol. The second-order valence-electron chi connectivity index (χ2n) is 10.1. The molecule has 4 heterocycles. The number of aryl methyl sites for hydroxylation is 1. The van der Waals surface area contributed by atoms with Gasteiger partial charge in [0.25, 0.3) is 0 Å². The maximum atomic E-state index is 13.4. The molecule has 7 nitrogen and oxygen atoms in total. The third-order valence-corrected chi connectivity index (χ3v) is 6.89. The topological polar surface area (TPSA) is 83.6 Å². The molecule has 8 heteroatoms. The quantitative estimate of drug-likeness (QED) is 0.591. The number of hydrogen-bond acceptors (Lipinski definition) is 6. The van der Waals surface area contributed by atoms with Gasteiger partial charge in [-0.2, -0.15) is 5.10 Å². The van der Waals surface area contributed by atoms with Crippen molar-refractivity contribution in [1.29, 1.82) is 0 Å². The summed E-state index contributed by atoms with van der Waals surface area (Å²) in [6.45, 7) is 5.58. The van der Waals surface area contributed by atoms with Crippen molar-refractivity contribution in [2.24, 2.45) is 12.0 Å². The molecule has 1 aromatic carbocycles. The number of aliphatic hydroxyl groups is 1. The lowest BCUT2D eigenvalue weighted by molar-refractivity contribution is -0.120. The molecule has 2 aliphatic heterocycles. The Morgan fingerprint density at radius 1 is 1.23 bits per heavy atom. The third-order valence-electron chi connectivity index (χ3n) is 6.89. The van der Waals surface area contributed by atoms with Crippen molar-refractivity contribution in [1.82, 2.24) is 19.7 Å². The smallest absolute Gasteiger partial charge is 0.139 e. The van der Waals surface area contributed by atoms with Gasteiger partial charge in [-0.15, -0.1) is 0 Å². The van der Waals surface area contributed by atoms with E-state index >= 15 is 0 Å². The Morgan fingerprint density at radius 3 is 2.74 bits per heavy atom. The molecular formula is C27H30FN5O2. The minimum atomic E-state index is -1.12. The summed E-state index contributed by atoms with van der Waals surface area (Å²) in [6, 6.07) is 7.95. The molecule has 182 valence electrons. The van der Waals surface area contributed by atoms with E-state index in [1.54, 1.807) is 26.0 Å². The molecule has 0 saturated heterocycles. The Balaban J connectivity index is 1.27. The number of pyridine rings is 1. The average Bonchev–Trinajstić information content (AvgIpc) is 3.39. The number of nitrogens with zero attached hydrogens (tertiary/aromatic N) is 5. The predicted molar refractivity (Wildman–Crippen MR) is 131 cm³/mol. The van der Waals surface area contributed by atoms with E-state index < -0.39 is 11.5 Å². The van der Waals surface area contributed by atoms with Crippen molar-refractivity contribution in [3.8, 4) is 0 Å². The van der Waals surface area contributed by atoms with E-state index in [1.165, 1.54) is 17.7 Å². The number of aromatic nitrogens is 3. The van der Waals surface area contributed by atoms with Gasteiger partial charge in [0.15, 0.2) is 0 Å². The van der Waals surface area contributed by atoms with Crippen molar-refractivity contribution in [2.45, 2.75) is 57.7 Å². The molecule has 5 rings (SSSR count). The summed E-state index contributed by atoms with van der Waals surface area (Å²) >= 11 is 0. The number of ketones is 1. The van der Waals surface area contributed by atoms with E-state index in [4.69, 9.17) is 4.99 Å². The van der Waals surface area contributed by atoms with E-state index in [-0.39, 0.29) is 24.4 Å². The lowest BCUT2D eigenvalue weighted by atomic mass is 9.80. The van der Waals surface area contributed by atoms with Crippen LogP contribution in [-0.4, -0.2) is 48.5 Å². The van der Waals surface area contributed by atoms with Gasteiger partial charge in [-0.1, -0.05) is 12.1 Å². The van der Waals surface area contributed by atoms with Crippen molar-refractivity contribution in [3.63, 3.8) is 0 Å². The van der Waals surface area contributed by atoms with E-state index in [0.717, 1.165) is 47.7 Å². The summed E-state index contributed by atoms with van der Waals surface area (Å²) < 4.78 is 15.2. The monoisotopic (exact) mass is 475 g/mol. The summed E-state index contributed by atoms with van der Waals surface area (Å²) in [7, 11) is 1.95. The molecule has 0 radical (unpaired) electrons. The van der Waals surface area contributed by atoms with Gasteiger partial charge >= 0.3 is 0 Å². The van der Waals surface area contributed by atoms with Crippen LogP contribution in [0, 0.1) is 5.82 Å². The standard InChI is InChI=1S/C27H30FN5O2/c1-27(2,35)24(17-4-6-20(28)7-5-17)12-22(34)11-21-10-18-13-30-26(23(18)14-29-21)33-9-8-25-19(16-33)15-32(3)31-25/h4-7,10,14-15,24,35H,8-9,11-13,16H2,1-3H3/t24-/m0/s1. The van der Waals surface area contributed by atoms with Gasteiger partial charge in [0, 0.05) is 74.5 Å². The summed E-state index contributed by atoms with van der Waals surface area (Å²) in [6.07, 6.45) is 5.12. The van der Waals surface area contributed by atoms with Crippen LogP contribution in [0.25, 0.3) is 0 Å². The highest BCUT2D eigenvalue weighted by Gasteiger charge is 2.31. The summed E-state index contributed by atoms with van der Waals surface area (Å²) in [5.41, 5.74) is 4.80. The van der Waals surface area contributed by atoms with Crippen LogP contribution >= 0.6 is 0 Å². The van der Waals surface area contributed by atoms with E-state index in [1.807, 2.05) is 24.0 Å².